The van der Waals surface area contributed by atoms with Gasteiger partial charge in [0.25, 0.3) is 5.56 Å². The smallest absolute Gasteiger partial charge is 0.253 e. The molecule has 1 heterocycles. The van der Waals surface area contributed by atoms with Crippen molar-refractivity contribution in [3.05, 3.63) is 40.2 Å². The van der Waals surface area contributed by atoms with Gasteiger partial charge in [0.05, 0.1) is 13.7 Å². The van der Waals surface area contributed by atoms with Gasteiger partial charge in [-0.2, -0.15) is 0 Å². The quantitative estimate of drug-likeness (QED) is 0.383. The third-order valence-electron chi connectivity index (χ3n) is 5.42. The van der Waals surface area contributed by atoms with Crippen LogP contribution in [0.25, 0.3) is 10.9 Å². The first kappa shape index (κ1) is 25.1. The number of aromatic amines is 1. The Hall–Kier alpha value is -2.16. The van der Waals surface area contributed by atoms with Gasteiger partial charge in [-0.05, 0) is 76.6 Å². The van der Waals surface area contributed by atoms with Gasteiger partial charge < -0.3 is 29.7 Å². The van der Waals surface area contributed by atoms with E-state index in [2.05, 4.69) is 52.9 Å². The van der Waals surface area contributed by atoms with Crippen LogP contribution in [0.15, 0.2) is 29.1 Å². The van der Waals surface area contributed by atoms with Crippen molar-refractivity contribution in [2.75, 3.05) is 60.5 Å². The van der Waals surface area contributed by atoms with Crippen LogP contribution in [-0.4, -0.2) is 85.3 Å². The van der Waals surface area contributed by atoms with Gasteiger partial charge in [0.1, 0.15) is 5.75 Å². The summed E-state index contributed by atoms with van der Waals surface area (Å²) in [6.07, 6.45) is 1.01. The Labute approximate surface area is 191 Å². The number of likely N-dealkylation sites (N-methyl/N-ethyl adjacent to an activating group) is 1. The summed E-state index contributed by atoms with van der Waals surface area (Å²) in [7, 11) is 5.77. The number of fused-ring (bicyclic) bond motifs is 1. The number of hydrogen-bond donors (Lipinski definition) is 2. The van der Waals surface area contributed by atoms with Gasteiger partial charge in [-0.3, -0.25) is 4.79 Å². The standard InChI is InChI=1S/C23H37N5O2S/c1-6-27(7-2)13-14-28(23(31)24-11-8-12-26(3)4)17-19-15-18-16-20(30-5)9-10-21(18)25-22(19)29/h9-10,15-16H,6-8,11-14,17H2,1-5H3,(H,24,31)(H,25,29). The van der Waals surface area contributed by atoms with Gasteiger partial charge in [-0.25, -0.2) is 0 Å². The van der Waals surface area contributed by atoms with Crippen LogP contribution >= 0.6 is 12.2 Å². The van der Waals surface area contributed by atoms with E-state index in [1.54, 1.807) is 7.11 Å². The number of hydrogen-bond acceptors (Lipinski definition) is 5. The maximum Gasteiger partial charge on any atom is 0.253 e. The fourth-order valence-corrected chi connectivity index (χ4v) is 3.69. The van der Waals surface area contributed by atoms with Gasteiger partial charge in [0.15, 0.2) is 5.11 Å². The molecule has 0 amide bonds. The van der Waals surface area contributed by atoms with Gasteiger partial charge in [-0.15, -0.1) is 0 Å². The summed E-state index contributed by atoms with van der Waals surface area (Å²) in [5.41, 5.74) is 1.41. The van der Waals surface area contributed by atoms with Crippen molar-refractivity contribution in [3.8, 4) is 5.75 Å². The number of H-pyrrole nitrogens is 1. The predicted molar refractivity (Wildman–Crippen MR) is 133 cm³/mol. The van der Waals surface area contributed by atoms with E-state index in [0.717, 1.165) is 62.3 Å². The molecule has 2 N–H and O–H groups in total. The molecule has 0 aliphatic heterocycles. The molecule has 0 fully saturated rings. The largest absolute Gasteiger partial charge is 0.497 e. The number of pyridine rings is 1. The molecule has 0 unspecified atom stereocenters. The molecule has 0 aliphatic carbocycles. The highest BCUT2D eigenvalue weighted by Crippen LogP contribution is 2.19. The fourth-order valence-electron chi connectivity index (χ4n) is 3.44. The molecule has 0 saturated carbocycles. The second kappa shape index (κ2) is 12.6. The Balaban J connectivity index is 2.19. The Bertz CT molecular complexity index is 895. The number of nitrogens with one attached hydrogen (secondary N) is 2. The maximum atomic E-state index is 12.7. The average Bonchev–Trinajstić information content (AvgIpc) is 2.76. The lowest BCUT2D eigenvalue weighted by Crippen LogP contribution is -2.44. The molecular formula is C23H37N5O2S. The predicted octanol–water partition coefficient (Wildman–Crippen LogP) is 2.51. The first-order chi connectivity index (χ1) is 14.9. The molecule has 1 aromatic carbocycles. The van der Waals surface area contributed by atoms with Crippen molar-refractivity contribution in [1.29, 1.82) is 0 Å². The molecule has 2 aromatic rings. The van der Waals surface area contributed by atoms with Crippen LogP contribution in [0, 0.1) is 0 Å². The van der Waals surface area contributed by atoms with E-state index >= 15 is 0 Å². The molecule has 172 valence electrons. The Morgan fingerprint density at radius 2 is 1.87 bits per heavy atom. The molecule has 1 aromatic heterocycles. The number of aromatic nitrogens is 1. The summed E-state index contributed by atoms with van der Waals surface area (Å²) in [6.45, 7) is 10.2. The van der Waals surface area contributed by atoms with Gasteiger partial charge in [0, 0.05) is 36.1 Å². The van der Waals surface area contributed by atoms with Crippen molar-refractivity contribution >= 4 is 28.2 Å². The van der Waals surface area contributed by atoms with Crippen molar-refractivity contribution in [1.82, 2.24) is 25.0 Å². The van der Waals surface area contributed by atoms with Crippen LogP contribution in [0.2, 0.25) is 0 Å². The van der Waals surface area contributed by atoms with Crippen LogP contribution in [-0.2, 0) is 6.54 Å². The molecule has 31 heavy (non-hydrogen) atoms. The lowest BCUT2D eigenvalue weighted by molar-refractivity contribution is 0.263. The zero-order valence-corrected chi connectivity index (χ0v) is 20.3. The highest BCUT2D eigenvalue weighted by molar-refractivity contribution is 7.80. The number of methoxy groups -OCH3 is 1. The van der Waals surface area contributed by atoms with Crippen LogP contribution in [0.3, 0.4) is 0 Å². The molecule has 0 spiro atoms. The van der Waals surface area contributed by atoms with E-state index in [4.69, 9.17) is 17.0 Å². The number of ether oxygens (including phenoxy) is 1. The van der Waals surface area contributed by atoms with E-state index in [-0.39, 0.29) is 5.56 Å². The lowest BCUT2D eigenvalue weighted by atomic mass is 10.1. The molecule has 0 atom stereocenters. The molecule has 2 rings (SSSR count). The average molecular weight is 448 g/mol. The van der Waals surface area contributed by atoms with Crippen molar-refractivity contribution in [3.63, 3.8) is 0 Å². The second-order valence-corrected chi connectivity index (χ2v) is 8.30. The first-order valence-electron chi connectivity index (χ1n) is 11.0. The summed E-state index contributed by atoms with van der Waals surface area (Å²) in [4.78, 5) is 22.3. The summed E-state index contributed by atoms with van der Waals surface area (Å²) in [5, 5.41) is 5.01. The number of benzene rings is 1. The molecule has 0 saturated heterocycles. The highest BCUT2D eigenvalue weighted by atomic mass is 32.1. The SMILES string of the molecule is CCN(CC)CCN(Cc1cc2cc(OC)ccc2[nH]c1=O)C(=S)NCCCN(C)C. The highest BCUT2D eigenvalue weighted by Gasteiger charge is 2.14. The third-order valence-corrected chi connectivity index (χ3v) is 5.82. The van der Waals surface area contributed by atoms with Crippen LogP contribution in [0.4, 0.5) is 0 Å². The molecule has 0 radical (unpaired) electrons. The topological polar surface area (TPSA) is 63.8 Å². The van der Waals surface area contributed by atoms with Gasteiger partial charge in [-0.1, -0.05) is 13.8 Å². The maximum absolute atomic E-state index is 12.7. The minimum Gasteiger partial charge on any atom is -0.497 e. The molecule has 0 bridgehead atoms. The molecule has 8 heteroatoms. The Morgan fingerprint density at radius 3 is 2.52 bits per heavy atom. The van der Waals surface area contributed by atoms with Crippen molar-refractivity contribution in [2.45, 2.75) is 26.8 Å². The van der Waals surface area contributed by atoms with Crippen molar-refractivity contribution < 1.29 is 4.74 Å². The van der Waals surface area contributed by atoms with E-state index in [1.165, 1.54) is 0 Å². The minimum atomic E-state index is -0.0825. The summed E-state index contributed by atoms with van der Waals surface area (Å²) in [6, 6.07) is 7.60. The van der Waals surface area contributed by atoms with Crippen LogP contribution in [0.5, 0.6) is 5.75 Å². The Morgan fingerprint density at radius 1 is 1.13 bits per heavy atom. The summed E-state index contributed by atoms with van der Waals surface area (Å²) >= 11 is 5.71. The summed E-state index contributed by atoms with van der Waals surface area (Å²) < 4.78 is 5.33. The first-order valence-corrected chi connectivity index (χ1v) is 11.4. The number of rotatable bonds is 12. The van der Waals surface area contributed by atoms with Gasteiger partial charge in [0.2, 0.25) is 0 Å². The monoisotopic (exact) mass is 447 g/mol. The zero-order valence-electron chi connectivity index (χ0n) is 19.5. The van der Waals surface area contributed by atoms with E-state index in [1.807, 2.05) is 24.3 Å². The molecule has 0 aliphatic rings. The number of nitrogens with zero attached hydrogens (tertiary/aromatic N) is 3. The Kier molecular flexibility index (Phi) is 10.2. The van der Waals surface area contributed by atoms with Crippen molar-refractivity contribution in [2.24, 2.45) is 0 Å². The second-order valence-electron chi connectivity index (χ2n) is 7.91. The van der Waals surface area contributed by atoms with E-state index in [0.29, 0.717) is 17.2 Å². The third kappa shape index (κ3) is 7.79. The number of thiocarbonyl (C=S) groups is 1. The van der Waals surface area contributed by atoms with Crippen LogP contribution < -0.4 is 15.6 Å². The molecule has 7 nitrogen and oxygen atoms in total. The van der Waals surface area contributed by atoms with Crippen LogP contribution in [0.1, 0.15) is 25.8 Å². The summed E-state index contributed by atoms with van der Waals surface area (Å²) in [5.74, 6) is 0.766. The van der Waals surface area contributed by atoms with Gasteiger partial charge >= 0.3 is 0 Å². The molecular weight excluding hydrogens is 410 g/mol. The van der Waals surface area contributed by atoms with E-state index < -0.39 is 0 Å². The van der Waals surface area contributed by atoms with E-state index in [9.17, 15) is 4.79 Å². The lowest BCUT2D eigenvalue weighted by Gasteiger charge is -2.29. The fraction of sp³-hybridized carbons (Fsp3) is 0.565. The zero-order chi connectivity index (χ0) is 22.8. The minimum absolute atomic E-state index is 0.0825. The normalized spacial score (nSPS) is 11.3.